The van der Waals surface area contributed by atoms with E-state index in [0.717, 1.165) is 51.9 Å². The molecule has 0 saturated carbocycles. The number of thiophene rings is 1. The Balaban J connectivity index is 1.62. The third-order valence-corrected chi connectivity index (χ3v) is 9.45. The number of benzene rings is 1. The first-order valence-electron chi connectivity index (χ1n) is 12.8. The summed E-state index contributed by atoms with van der Waals surface area (Å²) in [5.41, 5.74) is 10.9. The number of rotatable bonds is 7. The van der Waals surface area contributed by atoms with Crippen LogP contribution < -0.4 is 5.73 Å². The van der Waals surface area contributed by atoms with Gasteiger partial charge in [-0.1, -0.05) is 52.0 Å². The van der Waals surface area contributed by atoms with Crippen LogP contribution in [0.4, 0.5) is 0 Å². The van der Waals surface area contributed by atoms with Crippen molar-refractivity contribution in [3.8, 4) is 22.6 Å². The molecule has 40 heavy (non-hydrogen) atoms. The summed E-state index contributed by atoms with van der Waals surface area (Å²) in [7, 11) is 0. The van der Waals surface area contributed by atoms with Crippen molar-refractivity contribution in [2.24, 2.45) is 5.73 Å². The summed E-state index contributed by atoms with van der Waals surface area (Å²) < 4.78 is 12.1. The highest BCUT2D eigenvalue weighted by atomic mass is 79.9. The zero-order valence-electron chi connectivity index (χ0n) is 21.7. The number of hydrogen-bond acceptors (Lipinski definition) is 9. The van der Waals surface area contributed by atoms with Crippen LogP contribution in [0.2, 0.25) is 0 Å². The lowest BCUT2D eigenvalue weighted by atomic mass is 9.83. The molecule has 1 aliphatic heterocycles. The van der Waals surface area contributed by atoms with E-state index < -0.39 is 11.9 Å². The number of allylic oxidation sites excluding steroid dienone is 1. The van der Waals surface area contributed by atoms with Crippen molar-refractivity contribution in [2.45, 2.75) is 43.6 Å². The van der Waals surface area contributed by atoms with Gasteiger partial charge in [0.15, 0.2) is 0 Å². The van der Waals surface area contributed by atoms with E-state index in [9.17, 15) is 15.3 Å². The molecular weight excluding hydrogens is 608 g/mol. The molecular formula is C30H25BrN4O3S2. The minimum atomic E-state index is -0.780. The molecule has 1 aliphatic carbocycles. The molecule has 0 radical (unpaired) electrons. The second kappa shape index (κ2) is 12.3. The molecule has 3 heterocycles. The third kappa shape index (κ3) is 5.27. The van der Waals surface area contributed by atoms with Crippen molar-refractivity contribution in [1.82, 2.24) is 4.98 Å². The second-order valence-corrected chi connectivity index (χ2v) is 11.9. The van der Waals surface area contributed by atoms with Crippen LogP contribution in [0.15, 0.2) is 74.1 Å². The number of hydrogen-bond donors (Lipinski definition) is 1. The highest BCUT2D eigenvalue weighted by Gasteiger charge is 2.38. The van der Waals surface area contributed by atoms with E-state index >= 15 is 0 Å². The molecule has 1 aromatic carbocycles. The van der Waals surface area contributed by atoms with E-state index in [1.165, 1.54) is 11.8 Å². The molecule has 0 bridgehead atoms. The third-order valence-electron chi connectivity index (χ3n) is 6.87. The molecule has 0 fully saturated rings. The van der Waals surface area contributed by atoms with Crippen LogP contribution in [0.3, 0.4) is 0 Å². The van der Waals surface area contributed by atoms with E-state index in [2.05, 4.69) is 28.1 Å². The van der Waals surface area contributed by atoms with Gasteiger partial charge < -0.3 is 15.2 Å². The number of ether oxygens (including phenoxy) is 2. The van der Waals surface area contributed by atoms with Crippen molar-refractivity contribution in [3.63, 3.8) is 0 Å². The van der Waals surface area contributed by atoms with Crippen LogP contribution in [0.5, 0.6) is 0 Å². The van der Waals surface area contributed by atoms with Crippen LogP contribution in [-0.4, -0.2) is 23.3 Å². The molecule has 0 amide bonds. The number of carbonyl (C=O) groups excluding carboxylic acids is 1. The van der Waals surface area contributed by atoms with Crippen LogP contribution >= 0.6 is 39.0 Å². The Morgan fingerprint density at radius 2 is 2.02 bits per heavy atom. The fourth-order valence-electron chi connectivity index (χ4n) is 5.13. The monoisotopic (exact) mass is 632 g/mol. The van der Waals surface area contributed by atoms with Crippen LogP contribution in [0.25, 0.3) is 10.4 Å². The van der Waals surface area contributed by atoms with Crippen LogP contribution in [-0.2, 0) is 27.1 Å². The fourth-order valence-corrected chi connectivity index (χ4v) is 7.40. The predicted molar refractivity (Wildman–Crippen MR) is 158 cm³/mol. The number of esters is 1. The molecule has 10 heteroatoms. The van der Waals surface area contributed by atoms with Crippen molar-refractivity contribution in [1.29, 1.82) is 10.5 Å². The Morgan fingerprint density at radius 1 is 1.23 bits per heavy atom. The Bertz CT molecular complexity index is 1620. The van der Waals surface area contributed by atoms with Gasteiger partial charge in [0.1, 0.15) is 28.5 Å². The summed E-state index contributed by atoms with van der Waals surface area (Å²) in [6.45, 7) is 1.88. The average Bonchev–Trinajstić information content (AvgIpc) is 3.50. The molecule has 2 aliphatic rings. The number of halogens is 1. The highest BCUT2D eigenvalue weighted by molar-refractivity contribution is 9.10. The SMILES string of the molecule is CCOC(=O)C1=C(CSc2nc3c(c(-c4cccs4)c2C#N)CCCC3)OC(N)=C(C#N)[C@H]1c1ccccc1Br. The first-order chi connectivity index (χ1) is 19.5. The van der Waals surface area contributed by atoms with Gasteiger partial charge in [0, 0.05) is 20.6 Å². The second-order valence-electron chi connectivity index (χ2n) is 9.18. The van der Waals surface area contributed by atoms with Gasteiger partial charge in [0.2, 0.25) is 5.88 Å². The van der Waals surface area contributed by atoms with Gasteiger partial charge in [-0.2, -0.15) is 10.5 Å². The molecule has 5 rings (SSSR count). The van der Waals surface area contributed by atoms with Crippen molar-refractivity contribution in [2.75, 3.05) is 12.4 Å². The molecule has 7 nitrogen and oxygen atoms in total. The maximum absolute atomic E-state index is 13.4. The van der Waals surface area contributed by atoms with E-state index in [1.807, 2.05) is 41.8 Å². The van der Waals surface area contributed by atoms with Gasteiger partial charge in [0.05, 0.1) is 29.4 Å². The van der Waals surface area contributed by atoms with Gasteiger partial charge in [-0.05, 0) is 61.2 Å². The number of thioether (sulfide) groups is 1. The van der Waals surface area contributed by atoms with Gasteiger partial charge in [0.25, 0.3) is 0 Å². The van der Waals surface area contributed by atoms with E-state index in [-0.39, 0.29) is 35.1 Å². The maximum Gasteiger partial charge on any atom is 0.338 e. The summed E-state index contributed by atoms with van der Waals surface area (Å²) in [6, 6.07) is 15.9. The number of nitrogens with zero attached hydrogens (tertiary/aromatic N) is 3. The van der Waals surface area contributed by atoms with E-state index in [0.29, 0.717) is 16.2 Å². The minimum absolute atomic E-state index is 0.0647. The minimum Gasteiger partial charge on any atom is -0.463 e. The number of fused-ring (bicyclic) bond motifs is 1. The van der Waals surface area contributed by atoms with E-state index in [1.54, 1.807) is 18.3 Å². The summed E-state index contributed by atoms with van der Waals surface area (Å²) in [6.07, 6.45) is 3.86. The first kappa shape index (κ1) is 28.0. The summed E-state index contributed by atoms with van der Waals surface area (Å²) >= 11 is 6.49. The number of nitriles is 2. The van der Waals surface area contributed by atoms with Crippen molar-refractivity contribution < 1.29 is 14.3 Å². The number of aromatic nitrogens is 1. The molecule has 2 N–H and O–H groups in total. The lowest BCUT2D eigenvalue weighted by Crippen LogP contribution is -2.27. The quantitative estimate of drug-likeness (QED) is 0.224. The molecule has 1 atom stereocenters. The van der Waals surface area contributed by atoms with Gasteiger partial charge >= 0.3 is 5.97 Å². The van der Waals surface area contributed by atoms with E-state index in [4.69, 9.17) is 20.2 Å². The van der Waals surface area contributed by atoms with Crippen LogP contribution in [0, 0.1) is 22.7 Å². The van der Waals surface area contributed by atoms with Crippen molar-refractivity contribution >= 4 is 45.0 Å². The van der Waals surface area contributed by atoms with Gasteiger partial charge in [-0.15, -0.1) is 11.3 Å². The molecule has 0 saturated heterocycles. The first-order valence-corrected chi connectivity index (χ1v) is 15.5. The largest absolute Gasteiger partial charge is 0.463 e. The number of carbonyl (C=O) groups is 1. The number of nitrogens with two attached hydrogens (primary N) is 1. The predicted octanol–water partition coefficient (Wildman–Crippen LogP) is 6.74. The maximum atomic E-state index is 13.4. The Kier molecular flexibility index (Phi) is 8.60. The Hall–Kier alpha value is -3.57. The zero-order valence-corrected chi connectivity index (χ0v) is 24.9. The molecule has 202 valence electrons. The number of aryl methyl sites for hydroxylation is 1. The standard InChI is InChI=1S/C30H25BrN4O3S2/c1-2-37-30(36)27-23(38-28(34)19(14-32)26(27)17-8-3-5-10-21(17)31)16-40-29-20(15-33)25(24-12-7-13-39-24)18-9-4-6-11-22(18)35-29/h3,5,7-8,10,12-13,26H,2,4,6,9,11,16,34H2,1H3/t26-/m1/s1. The summed E-state index contributed by atoms with van der Waals surface area (Å²) in [4.78, 5) is 19.4. The molecule has 3 aromatic rings. The lowest BCUT2D eigenvalue weighted by Gasteiger charge is -2.28. The summed E-state index contributed by atoms with van der Waals surface area (Å²) in [5, 5.41) is 22.9. The topological polar surface area (TPSA) is 122 Å². The normalized spacial score (nSPS) is 16.6. The fraction of sp³-hybridized carbons (Fsp3) is 0.267. The lowest BCUT2D eigenvalue weighted by molar-refractivity contribution is -0.139. The average molecular weight is 634 g/mol. The molecule has 0 unspecified atom stereocenters. The summed E-state index contributed by atoms with van der Waals surface area (Å²) in [5.74, 6) is -0.986. The zero-order chi connectivity index (χ0) is 28.2. The number of pyridine rings is 1. The molecule has 2 aromatic heterocycles. The van der Waals surface area contributed by atoms with Gasteiger partial charge in [-0.25, -0.2) is 9.78 Å². The molecule has 0 spiro atoms. The van der Waals surface area contributed by atoms with Gasteiger partial charge in [-0.3, -0.25) is 0 Å². The van der Waals surface area contributed by atoms with Crippen LogP contribution in [0.1, 0.15) is 48.1 Å². The highest BCUT2D eigenvalue weighted by Crippen LogP contribution is 2.44. The smallest absolute Gasteiger partial charge is 0.338 e. The Labute approximate surface area is 249 Å². The Morgan fingerprint density at radius 3 is 2.73 bits per heavy atom. The van der Waals surface area contributed by atoms with Crippen molar-refractivity contribution in [3.05, 3.63) is 91.4 Å².